The van der Waals surface area contributed by atoms with E-state index in [1.807, 2.05) is 53.1 Å². The number of aromatic nitrogens is 1. The van der Waals surface area contributed by atoms with Crippen molar-refractivity contribution < 1.29 is 14.3 Å². The third-order valence-electron chi connectivity index (χ3n) is 4.21. The first-order chi connectivity index (χ1) is 13.6. The van der Waals surface area contributed by atoms with Crippen LogP contribution in [0.1, 0.15) is 18.9 Å². The van der Waals surface area contributed by atoms with Gasteiger partial charge in [-0.1, -0.05) is 41.7 Å². The molecule has 0 saturated heterocycles. The number of rotatable bonds is 7. The van der Waals surface area contributed by atoms with E-state index in [2.05, 4.69) is 10.3 Å². The van der Waals surface area contributed by atoms with E-state index in [0.717, 1.165) is 21.5 Å². The van der Waals surface area contributed by atoms with Crippen LogP contribution >= 0.6 is 11.3 Å². The number of carbonyl (C=O) groups is 2. The second-order valence-corrected chi connectivity index (χ2v) is 7.39. The topological polar surface area (TPSA) is 72.7 Å². The molecular weight excluding hydrogens is 374 g/mol. The number of methoxy groups -OCH3 is 1. The fourth-order valence-corrected chi connectivity index (χ4v) is 4.01. The number of aryl methyl sites for hydroxylation is 1. The molecule has 28 heavy (non-hydrogen) atoms. The van der Waals surface area contributed by atoms with Gasteiger partial charge in [-0.3, -0.25) is 9.59 Å². The Hall–Kier alpha value is -2.77. The third-order valence-corrected chi connectivity index (χ3v) is 5.25. The van der Waals surface area contributed by atoms with Gasteiger partial charge >= 0.3 is 0 Å². The highest BCUT2D eigenvalue weighted by atomic mass is 32.1. The molecule has 2 aromatic carbocycles. The second-order valence-electron chi connectivity index (χ2n) is 6.38. The van der Waals surface area contributed by atoms with Crippen molar-refractivity contribution in [3.8, 4) is 0 Å². The highest BCUT2D eigenvalue weighted by molar-refractivity contribution is 7.16. The highest BCUT2D eigenvalue weighted by Crippen LogP contribution is 2.22. The molecule has 1 N–H and O–H groups in total. The molecule has 0 spiro atoms. The third kappa shape index (κ3) is 5.15. The molecule has 1 heterocycles. The monoisotopic (exact) mass is 397 g/mol. The lowest BCUT2D eigenvalue weighted by Gasteiger charge is -2.05. The van der Waals surface area contributed by atoms with Crippen molar-refractivity contribution in [2.45, 2.75) is 26.3 Å². The van der Waals surface area contributed by atoms with Gasteiger partial charge in [0, 0.05) is 32.7 Å². The first kappa shape index (κ1) is 20.0. The molecule has 0 radical (unpaired) electrons. The van der Waals surface area contributed by atoms with E-state index in [-0.39, 0.29) is 11.8 Å². The lowest BCUT2D eigenvalue weighted by molar-refractivity contribution is -0.118. The number of anilines is 1. The van der Waals surface area contributed by atoms with Gasteiger partial charge in [0.15, 0.2) is 4.80 Å². The zero-order valence-electron chi connectivity index (χ0n) is 16.0. The van der Waals surface area contributed by atoms with Gasteiger partial charge in [0.1, 0.15) is 0 Å². The molecule has 0 aliphatic carbocycles. The molecule has 3 aromatic rings. The molecule has 0 fully saturated rings. The molecule has 2 amide bonds. The van der Waals surface area contributed by atoms with Crippen molar-refractivity contribution in [3.05, 3.63) is 58.9 Å². The van der Waals surface area contributed by atoms with Gasteiger partial charge in [-0.2, -0.15) is 4.99 Å². The van der Waals surface area contributed by atoms with E-state index >= 15 is 0 Å². The summed E-state index contributed by atoms with van der Waals surface area (Å²) in [4.78, 5) is 28.7. The zero-order valence-corrected chi connectivity index (χ0v) is 16.8. The van der Waals surface area contributed by atoms with E-state index in [0.29, 0.717) is 30.8 Å². The molecule has 1 aromatic heterocycles. The van der Waals surface area contributed by atoms with Crippen LogP contribution in [-0.4, -0.2) is 30.1 Å². The SMILES string of the molecule is COCCn1c(=NC(=O)CCc2ccccc2)sc2cc(NC(C)=O)ccc21. The molecule has 0 bridgehead atoms. The van der Waals surface area contributed by atoms with Crippen LogP contribution < -0.4 is 10.1 Å². The Labute approximate surface area is 167 Å². The van der Waals surface area contributed by atoms with Gasteiger partial charge in [0.2, 0.25) is 11.8 Å². The summed E-state index contributed by atoms with van der Waals surface area (Å²) in [7, 11) is 1.64. The number of benzene rings is 2. The Balaban J connectivity index is 1.89. The molecule has 0 unspecified atom stereocenters. The first-order valence-electron chi connectivity index (χ1n) is 9.08. The Morgan fingerprint density at radius 2 is 1.96 bits per heavy atom. The molecule has 0 aliphatic heterocycles. The van der Waals surface area contributed by atoms with E-state index in [1.54, 1.807) is 7.11 Å². The number of ether oxygens (including phenoxy) is 1. The predicted octanol–water partition coefficient (Wildman–Crippen LogP) is 3.37. The number of thiazole rings is 1. The summed E-state index contributed by atoms with van der Waals surface area (Å²) in [6.07, 6.45) is 1.03. The maximum Gasteiger partial charge on any atom is 0.248 e. The number of fused-ring (bicyclic) bond motifs is 1. The highest BCUT2D eigenvalue weighted by Gasteiger charge is 2.09. The molecule has 0 saturated carbocycles. The summed E-state index contributed by atoms with van der Waals surface area (Å²) in [5, 5.41) is 2.78. The maximum absolute atomic E-state index is 12.4. The number of hydrogen-bond donors (Lipinski definition) is 1. The number of nitrogens with zero attached hydrogens (tertiary/aromatic N) is 2. The molecule has 7 heteroatoms. The fraction of sp³-hybridized carbons (Fsp3) is 0.286. The largest absolute Gasteiger partial charge is 0.383 e. The quantitative estimate of drug-likeness (QED) is 0.664. The Bertz CT molecular complexity index is 1040. The van der Waals surface area contributed by atoms with Crippen molar-refractivity contribution in [2.75, 3.05) is 19.0 Å². The lowest BCUT2D eigenvalue weighted by atomic mass is 10.1. The van der Waals surface area contributed by atoms with Crippen LogP contribution in [-0.2, 0) is 27.3 Å². The molecule has 0 atom stereocenters. The predicted molar refractivity (Wildman–Crippen MR) is 111 cm³/mol. The first-order valence-corrected chi connectivity index (χ1v) is 9.90. The van der Waals surface area contributed by atoms with Crippen LogP contribution in [0.15, 0.2) is 53.5 Å². The van der Waals surface area contributed by atoms with Crippen LogP contribution in [0, 0.1) is 0 Å². The van der Waals surface area contributed by atoms with Crippen molar-refractivity contribution in [2.24, 2.45) is 4.99 Å². The summed E-state index contributed by atoms with van der Waals surface area (Å²) < 4.78 is 8.15. The van der Waals surface area contributed by atoms with Gasteiger partial charge < -0.3 is 14.6 Å². The van der Waals surface area contributed by atoms with E-state index in [1.165, 1.54) is 18.3 Å². The van der Waals surface area contributed by atoms with Crippen molar-refractivity contribution in [3.63, 3.8) is 0 Å². The standard InChI is InChI=1S/C21H23N3O3S/c1-15(25)22-17-9-10-18-19(14-17)28-21(24(18)12-13-27-2)23-20(26)11-8-16-6-4-3-5-7-16/h3-7,9-10,14H,8,11-13H2,1-2H3,(H,22,25). The van der Waals surface area contributed by atoms with Crippen LogP contribution in [0.4, 0.5) is 5.69 Å². The fourth-order valence-electron chi connectivity index (χ4n) is 2.90. The Kier molecular flexibility index (Phi) is 6.73. The molecule has 6 nitrogen and oxygen atoms in total. The minimum atomic E-state index is -0.149. The lowest BCUT2D eigenvalue weighted by Crippen LogP contribution is -2.19. The van der Waals surface area contributed by atoms with E-state index in [4.69, 9.17) is 4.74 Å². The van der Waals surface area contributed by atoms with Crippen LogP contribution in [0.2, 0.25) is 0 Å². The normalized spacial score (nSPS) is 11.7. The van der Waals surface area contributed by atoms with Gasteiger partial charge in [-0.05, 0) is 30.2 Å². The summed E-state index contributed by atoms with van der Waals surface area (Å²) in [6.45, 7) is 2.59. The minimum absolute atomic E-state index is 0.121. The molecular formula is C21H23N3O3S. The summed E-state index contributed by atoms with van der Waals surface area (Å²) in [5.74, 6) is -0.271. The number of carbonyl (C=O) groups excluding carboxylic acids is 2. The maximum atomic E-state index is 12.4. The molecule has 0 aliphatic rings. The number of hydrogen-bond acceptors (Lipinski definition) is 4. The van der Waals surface area contributed by atoms with Crippen molar-refractivity contribution >= 4 is 39.1 Å². The summed E-state index contributed by atoms with van der Waals surface area (Å²) >= 11 is 1.43. The van der Waals surface area contributed by atoms with Gasteiger partial charge in [-0.25, -0.2) is 0 Å². The number of amides is 2. The van der Waals surface area contributed by atoms with Crippen LogP contribution in [0.25, 0.3) is 10.2 Å². The average Bonchev–Trinajstić information content (AvgIpc) is 3.01. The Morgan fingerprint density at radius 3 is 2.68 bits per heavy atom. The van der Waals surface area contributed by atoms with Gasteiger partial charge in [0.05, 0.1) is 16.8 Å². The van der Waals surface area contributed by atoms with Crippen LogP contribution in [0.5, 0.6) is 0 Å². The summed E-state index contributed by atoms with van der Waals surface area (Å²) in [5.41, 5.74) is 2.81. The zero-order chi connectivity index (χ0) is 19.9. The average molecular weight is 398 g/mol. The van der Waals surface area contributed by atoms with Crippen molar-refractivity contribution in [1.29, 1.82) is 0 Å². The second kappa shape index (κ2) is 9.43. The van der Waals surface area contributed by atoms with Gasteiger partial charge in [0.25, 0.3) is 0 Å². The van der Waals surface area contributed by atoms with E-state index in [9.17, 15) is 9.59 Å². The van der Waals surface area contributed by atoms with Gasteiger partial charge in [-0.15, -0.1) is 0 Å². The molecule has 3 rings (SSSR count). The number of nitrogens with one attached hydrogen (secondary N) is 1. The Morgan fingerprint density at radius 1 is 1.18 bits per heavy atom. The summed E-state index contributed by atoms with van der Waals surface area (Å²) in [6, 6.07) is 15.6. The molecule has 146 valence electrons. The van der Waals surface area contributed by atoms with Crippen LogP contribution in [0.3, 0.4) is 0 Å². The smallest absolute Gasteiger partial charge is 0.248 e. The van der Waals surface area contributed by atoms with E-state index < -0.39 is 0 Å². The minimum Gasteiger partial charge on any atom is -0.383 e. The van der Waals surface area contributed by atoms with Crippen molar-refractivity contribution in [1.82, 2.24) is 4.57 Å².